The van der Waals surface area contributed by atoms with Crippen molar-refractivity contribution >= 4 is 5.97 Å². The average molecular weight is 251 g/mol. The largest absolute Gasteiger partial charge is 0.478 e. The number of carbonyl (C=O) groups is 1. The summed E-state index contributed by atoms with van der Waals surface area (Å²) in [5.41, 5.74) is 2.66. The van der Waals surface area contributed by atoms with E-state index in [1.807, 2.05) is 13.8 Å². The number of hydrogen-bond acceptors (Lipinski definition) is 2. The van der Waals surface area contributed by atoms with Gasteiger partial charge in [0.2, 0.25) is 0 Å². The summed E-state index contributed by atoms with van der Waals surface area (Å²) in [6.07, 6.45) is 3.49. The number of hydrogen-bond donors (Lipinski definition) is 1. The monoisotopic (exact) mass is 251 g/mol. The van der Waals surface area contributed by atoms with E-state index in [4.69, 9.17) is 9.84 Å². The fourth-order valence-corrected chi connectivity index (χ4v) is 2.58. The fourth-order valence-electron chi connectivity index (χ4n) is 2.58. The van der Waals surface area contributed by atoms with Crippen LogP contribution in [0, 0.1) is 19.3 Å². The third-order valence-corrected chi connectivity index (χ3v) is 4.09. The predicted molar refractivity (Wildman–Crippen MR) is 69.0 cm³/mol. The Kier molecular flexibility index (Phi) is 3.48. The summed E-state index contributed by atoms with van der Waals surface area (Å²) in [6.45, 7) is 5.57. The highest BCUT2D eigenvalue weighted by Crippen LogP contribution is 2.50. The molecule has 18 heavy (non-hydrogen) atoms. The highest BCUT2D eigenvalue weighted by molar-refractivity contribution is 5.89. The molecule has 1 fully saturated rings. The van der Waals surface area contributed by atoms with Crippen LogP contribution in [-0.4, -0.2) is 29.4 Å². The smallest absolute Gasteiger partial charge is 0.337 e. The molecule has 0 unspecified atom stereocenters. The molecule has 0 radical (unpaired) electrons. The molecule has 0 aliphatic heterocycles. The SMILES string of the molecule is COCCC1(Cn2c(C)cc(C(=O)O)c2C)CC1. The van der Waals surface area contributed by atoms with E-state index in [0.29, 0.717) is 11.0 Å². The number of nitrogens with zero attached hydrogens (tertiary/aromatic N) is 1. The molecule has 1 saturated carbocycles. The van der Waals surface area contributed by atoms with Gasteiger partial charge < -0.3 is 14.4 Å². The maximum atomic E-state index is 11.1. The van der Waals surface area contributed by atoms with Gasteiger partial charge in [0.1, 0.15) is 0 Å². The Morgan fingerprint density at radius 1 is 1.50 bits per heavy atom. The molecular weight excluding hydrogens is 230 g/mol. The van der Waals surface area contributed by atoms with E-state index in [1.54, 1.807) is 13.2 Å². The molecule has 1 N–H and O–H groups in total. The van der Waals surface area contributed by atoms with Gasteiger partial charge in [-0.3, -0.25) is 0 Å². The van der Waals surface area contributed by atoms with Crippen molar-refractivity contribution in [3.8, 4) is 0 Å². The lowest BCUT2D eigenvalue weighted by Crippen LogP contribution is -2.16. The minimum atomic E-state index is -0.837. The average Bonchev–Trinajstić information content (AvgIpc) is 3.03. The molecule has 0 bridgehead atoms. The Hall–Kier alpha value is -1.29. The highest BCUT2D eigenvalue weighted by Gasteiger charge is 2.42. The number of rotatable bonds is 6. The molecule has 0 aromatic carbocycles. The topological polar surface area (TPSA) is 51.5 Å². The van der Waals surface area contributed by atoms with Gasteiger partial charge in [-0.15, -0.1) is 0 Å². The van der Waals surface area contributed by atoms with Crippen molar-refractivity contribution in [1.29, 1.82) is 0 Å². The zero-order chi connectivity index (χ0) is 13.3. The quantitative estimate of drug-likeness (QED) is 0.845. The summed E-state index contributed by atoms with van der Waals surface area (Å²) in [5, 5.41) is 9.13. The molecule has 0 amide bonds. The van der Waals surface area contributed by atoms with E-state index < -0.39 is 5.97 Å². The van der Waals surface area contributed by atoms with Crippen LogP contribution in [0.2, 0.25) is 0 Å². The molecule has 0 atom stereocenters. The maximum Gasteiger partial charge on any atom is 0.337 e. The molecule has 1 aromatic heterocycles. The fraction of sp³-hybridized carbons (Fsp3) is 0.643. The summed E-state index contributed by atoms with van der Waals surface area (Å²) in [7, 11) is 1.73. The molecule has 1 aliphatic rings. The van der Waals surface area contributed by atoms with E-state index in [0.717, 1.165) is 31.0 Å². The third-order valence-electron chi connectivity index (χ3n) is 4.09. The Bertz CT molecular complexity index is 458. The van der Waals surface area contributed by atoms with E-state index in [9.17, 15) is 4.79 Å². The minimum Gasteiger partial charge on any atom is -0.478 e. The number of methoxy groups -OCH3 is 1. The number of aromatic carboxylic acids is 1. The summed E-state index contributed by atoms with van der Waals surface area (Å²) < 4.78 is 7.30. The summed E-state index contributed by atoms with van der Waals surface area (Å²) in [6, 6.07) is 1.77. The van der Waals surface area contributed by atoms with Crippen molar-refractivity contribution in [2.45, 2.75) is 39.7 Å². The van der Waals surface area contributed by atoms with Crippen LogP contribution in [0.3, 0.4) is 0 Å². The van der Waals surface area contributed by atoms with E-state index in [1.165, 1.54) is 12.8 Å². The van der Waals surface area contributed by atoms with Crippen molar-refractivity contribution in [2.24, 2.45) is 5.41 Å². The van der Waals surface area contributed by atoms with Crippen molar-refractivity contribution in [1.82, 2.24) is 4.57 Å². The van der Waals surface area contributed by atoms with E-state index in [2.05, 4.69) is 4.57 Å². The molecule has 0 saturated heterocycles. The number of carboxylic acid groups (broad SMARTS) is 1. The van der Waals surface area contributed by atoms with Gasteiger partial charge in [-0.05, 0) is 44.6 Å². The van der Waals surface area contributed by atoms with Gasteiger partial charge in [0.15, 0.2) is 0 Å². The molecule has 1 aromatic rings. The molecule has 2 rings (SSSR count). The molecule has 1 aliphatic carbocycles. The Labute approximate surface area is 108 Å². The molecule has 100 valence electrons. The lowest BCUT2D eigenvalue weighted by Gasteiger charge is -2.18. The number of aromatic nitrogens is 1. The first kappa shape index (κ1) is 13.1. The van der Waals surface area contributed by atoms with Crippen molar-refractivity contribution < 1.29 is 14.6 Å². The standard InChI is InChI=1S/C14H21NO3/c1-10-8-12(13(16)17)11(2)15(10)9-14(4-5-14)6-7-18-3/h8H,4-7,9H2,1-3H3,(H,16,17). The van der Waals surface area contributed by atoms with Crippen LogP contribution < -0.4 is 0 Å². The first-order valence-corrected chi connectivity index (χ1v) is 6.38. The Morgan fingerprint density at radius 3 is 2.61 bits per heavy atom. The first-order chi connectivity index (χ1) is 8.49. The van der Waals surface area contributed by atoms with Crippen LogP contribution in [0.1, 0.15) is 41.0 Å². The highest BCUT2D eigenvalue weighted by atomic mass is 16.5. The minimum absolute atomic E-state index is 0.334. The second-order valence-corrected chi connectivity index (χ2v) is 5.42. The van der Waals surface area contributed by atoms with E-state index >= 15 is 0 Å². The van der Waals surface area contributed by atoms with Gasteiger partial charge in [-0.1, -0.05) is 0 Å². The molecule has 4 nitrogen and oxygen atoms in total. The number of ether oxygens (including phenoxy) is 1. The van der Waals surface area contributed by atoms with Gasteiger partial charge in [0, 0.05) is 31.6 Å². The number of aryl methyl sites for hydroxylation is 1. The second kappa shape index (κ2) is 4.76. The van der Waals surface area contributed by atoms with Gasteiger partial charge in [0.05, 0.1) is 5.56 Å². The lowest BCUT2D eigenvalue weighted by molar-refractivity contribution is 0.0695. The molecule has 4 heteroatoms. The van der Waals surface area contributed by atoms with Crippen LogP contribution in [-0.2, 0) is 11.3 Å². The van der Waals surface area contributed by atoms with Gasteiger partial charge in [-0.2, -0.15) is 0 Å². The van der Waals surface area contributed by atoms with E-state index in [-0.39, 0.29) is 0 Å². The zero-order valence-corrected chi connectivity index (χ0v) is 11.3. The zero-order valence-electron chi connectivity index (χ0n) is 11.3. The summed E-state index contributed by atoms with van der Waals surface area (Å²) in [4.78, 5) is 11.1. The predicted octanol–water partition coefficient (Wildman–Crippen LogP) is 2.62. The third kappa shape index (κ3) is 2.43. The van der Waals surface area contributed by atoms with Crippen molar-refractivity contribution in [2.75, 3.05) is 13.7 Å². The summed E-state index contributed by atoms with van der Waals surface area (Å²) >= 11 is 0. The van der Waals surface area contributed by atoms with Crippen LogP contribution in [0.5, 0.6) is 0 Å². The molecule has 1 heterocycles. The first-order valence-electron chi connectivity index (χ1n) is 6.38. The van der Waals surface area contributed by atoms with Gasteiger partial charge in [0.25, 0.3) is 0 Å². The van der Waals surface area contributed by atoms with Gasteiger partial charge >= 0.3 is 5.97 Å². The lowest BCUT2D eigenvalue weighted by atomic mass is 10.0. The Morgan fingerprint density at radius 2 is 2.17 bits per heavy atom. The Balaban J connectivity index is 2.17. The second-order valence-electron chi connectivity index (χ2n) is 5.42. The van der Waals surface area contributed by atoms with Crippen LogP contribution in [0.25, 0.3) is 0 Å². The number of carboxylic acids is 1. The van der Waals surface area contributed by atoms with Crippen LogP contribution in [0.15, 0.2) is 6.07 Å². The summed E-state index contributed by atoms with van der Waals surface area (Å²) in [5.74, 6) is -0.837. The molecule has 0 spiro atoms. The van der Waals surface area contributed by atoms with Crippen molar-refractivity contribution in [3.63, 3.8) is 0 Å². The van der Waals surface area contributed by atoms with Gasteiger partial charge in [-0.25, -0.2) is 4.79 Å². The van der Waals surface area contributed by atoms with Crippen LogP contribution >= 0.6 is 0 Å². The molecular formula is C14H21NO3. The normalized spacial score (nSPS) is 16.8. The van der Waals surface area contributed by atoms with Crippen molar-refractivity contribution in [3.05, 3.63) is 23.0 Å². The maximum absolute atomic E-state index is 11.1. The van der Waals surface area contributed by atoms with Crippen LogP contribution in [0.4, 0.5) is 0 Å².